The predicted molar refractivity (Wildman–Crippen MR) is 63.7 cm³/mol. The van der Waals surface area contributed by atoms with Crippen LogP contribution in [0.25, 0.3) is 0 Å². The average molecular weight is 233 g/mol. The summed E-state index contributed by atoms with van der Waals surface area (Å²) in [4.78, 5) is 0. The Morgan fingerprint density at radius 2 is 2.00 bits per heavy atom. The third-order valence-corrected chi connectivity index (χ3v) is 5.80. The van der Waals surface area contributed by atoms with Crippen LogP contribution >= 0.6 is 0 Å². The summed E-state index contributed by atoms with van der Waals surface area (Å²) in [5, 5.41) is 3.00. The molecule has 0 aliphatic heterocycles. The van der Waals surface area contributed by atoms with Crippen molar-refractivity contribution < 1.29 is 8.42 Å². The molecule has 0 bridgehead atoms. The lowest BCUT2D eigenvalue weighted by Gasteiger charge is -2.34. The maximum atomic E-state index is 12.1. The van der Waals surface area contributed by atoms with Gasteiger partial charge in [0.25, 0.3) is 0 Å². The fourth-order valence-electron chi connectivity index (χ4n) is 2.49. The lowest BCUT2D eigenvalue weighted by atomic mass is 9.87. The molecule has 0 radical (unpaired) electrons. The summed E-state index contributed by atoms with van der Waals surface area (Å²) in [5.41, 5.74) is 0. The van der Waals surface area contributed by atoms with Gasteiger partial charge in [-0.1, -0.05) is 13.8 Å². The largest absolute Gasteiger partial charge is 0.316 e. The molecule has 1 saturated carbocycles. The van der Waals surface area contributed by atoms with E-state index in [9.17, 15) is 8.42 Å². The van der Waals surface area contributed by atoms with Gasteiger partial charge in [-0.2, -0.15) is 0 Å². The zero-order valence-electron chi connectivity index (χ0n) is 9.99. The predicted octanol–water partition coefficient (Wildman–Crippen LogP) is 1.59. The second-order valence-electron chi connectivity index (χ2n) is 4.72. The van der Waals surface area contributed by atoms with Crippen molar-refractivity contribution in [3.05, 3.63) is 0 Å². The van der Waals surface area contributed by atoms with Gasteiger partial charge in [0.1, 0.15) is 0 Å². The van der Waals surface area contributed by atoms with Crippen molar-refractivity contribution in [2.75, 3.05) is 12.8 Å². The highest BCUT2D eigenvalue weighted by Crippen LogP contribution is 2.29. The third-order valence-electron chi connectivity index (χ3n) is 3.37. The van der Waals surface area contributed by atoms with E-state index in [2.05, 4.69) is 12.2 Å². The standard InChI is InChI=1S/C11H23NO2S/c1-4-7-15(13,14)11-8-9(2)5-6-10(11)12-3/h9-12H,4-8H2,1-3H3. The number of hydrogen-bond acceptors (Lipinski definition) is 3. The second kappa shape index (κ2) is 5.30. The summed E-state index contributed by atoms with van der Waals surface area (Å²) in [7, 11) is -1.02. The van der Waals surface area contributed by atoms with Crippen LogP contribution in [0.15, 0.2) is 0 Å². The van der Waals surface area contributed by atoms with E-state index in [1.165, 1.54) is 0 Å². The number of hydrogen-bond donors (Lipinski definition) is 1. The number of rotatable bonds is 4. The van der Waals surface area contributed by atoms with Gasteiger partial charge in [0, 0.05) is 6.04 Å². The quantitative estimate of drug-likeness (QED) is 0.802. The summed E-state index contributed by atoms with van der Waals surface area (Å²) >= 11 is 0. The molecule has 3 unspecified atom stereocenters. The Balaban J connectivity index is 2.79. The molecule has 3 nitrogen and oxygen atoms in total. The van der Waals surface area contributed by atoms with Crippen LogP contribution < -0.4 is 5.32 Å². The second-order valence-corrected chi connectivity index (χ2v) is 7.06. The number of sulfone groups is 1. The summed E-state index contributed by atoms with van der Waals surface area (Å²) in [6.07, 6.45) is 3.69. The van der Waals surface area contributed by atoms with Crippen molar-refractivity contribution in [2.45, 2.75) is 50.8 Å². The minimum absolute atomic E-state index is 0.161. The number of nitrogens with one attached hydrogen (secondary N) is 1. The Labute approximate surface area is 93.6 Å². The molecule has 1 N–H and O–H groups in total. The molecular formula is C11H23NO2S. The summed E-state index contributed by atoms with van der Waals surface area (Å²) in [6, 6.07) is 0.165. The zero-order chi connectivity index (χ0) is 11.5. The van der Waals surface area contributed by atoms with Gasteiger partial charge in [0.15, 0.2) is 9.84 Å². The molecule has 0 amide bonds. The molecule has 0 saturated heterocycles. The van der Waals surface area contributed by atoms with Gasteiger partial charge < -0.3 is 5.32 Å². The Morgan fingerprint density at radius 3 is 2.53 bits per heavy atom. The minimum Gasteiger partial charge on any atom is -0.316 e. The van der Waals surface area contributed by atoms with E-state index in [0.29, 0.717) is 11.7 Å². The van der Waals surface area contributed by atoms with Gasteiger partial charge in [0.2, 0.25) is 0 Å². The van der Waals surface area contributed by atoms with Crippen LogP contribution in [0.4, 0.5) is 0 Å². The van der Waals surface area contributed by atoms with E-state index in [1.807, 2.05) is 14.0 Å². The molecule has 1 fully saturated rings. The minimum atomic E-state index is -2.89. The van der Waals surface area contributed by atoms with Gasteiger partial charge in [-0.3, -0.25) is 0 Å². The smallest absolute Gasteiger partial charge is 0.154 e. The first-order valence-electron chi connectivity index (χ1n) is 5.90. The monoisotopic (exact) mass is 233 g/mol. The fourth-order valence-corrected chi connectivity index (χ4v) is 4.76. The molecule has 0 aromatic carbocycles. The van der Waals surface area contributed by atoms with Crippen LogP contribution in [-0.4, -0.2) is 32.5 Å². The van der Waals surface area contributed by atoms with E-state index in [1.54, 1.807) is 0 Å². The van der Waals surface area contributed by atoms with Gasteiger partial charge in [-0.05, 0) is 38.6 Å². The maximum Gasteiger partial charge on any atom is 0.154 e. The van der Waals surface area contributed by atoms with Gasteiger partial charge in [0.05, 0.1) is 11.0 Å². The van der Waals surface area contributed by atoms with E-state index in [-0.39, 0.29) is 11.3 Å². The first kappa shape index (κ1) is 13.0. The fraction of sp³-hybridized carbons (Fsp3) is 1.00. The van der Waals surface area contributed by atoms with Crippen LogP contribution in [0.5, 0.6) is 0 Å². The van der Waals surface area contributed by atoms with Crippen LogP contribution in [0.3, 0.4) is 0 Å². The van der Waals surface area contributed by atoms with E-state index < -0.39 is 9.84 Å². The van der Waals surface area contributed by atoms with Gasteiger partial charge in [-0.15, -0.1) is 0 Å². The Morgan fingerprint density at radius 1 is 1.33 bits per heavy atom. The summed E-state index contributed by atoms with van der Waals surface area (Å²) < 4.78 is 24.1. The lowest BCUT2D eigenvalue weighted by molar-refractivity contribution is 0.319. The first-order chi connectivity index (χ1) is 7.01. The van der Waals surface area contributed by atoms with Crippen molar-refractivity contribution in [1.82, 2.24) is 5.32 Å². The van der Waals surface area contributed by atoms with Gasteiger partial charge in [-0.25, -0.2) is 8.42 Å². The van der Waals surface area contributed by atoms with Crippen LogP contribution in [-0.2, 0) is 9.84 Å². The summed E-state index contributed by atoms with van der Waals surface area (Å²) in [6.45, 7) is 4.08. The molecule has 0 aromatic rings. The highest BCUT2D eigenvalue weighted by Gasteiger charge is 2.36. The molecule has 1 aliphatic rings. The molecule has 0 spiro atoms. The average Bonchev–Trinajstić information content (AvgIpc) is 2.17. The van der Waals surface area contributed by atoms with Crippen molar-refractivity contribution in [2.24, 2.45) is 5.92 Å². The first-order valence-corrected chi connectivity index (χ1v) is 7.61. The van der Waals surface area contributed by atoms with Crippen molar-refractivity contribution >= 4 is 9.84 Å². The molecule has 4 heteroatoms. The van der Waals surface area contributed by atoms with Gasteiger partial charge >= 0.3 is 0 Å². The Hall–Kier alpha value is -0.0900. The van der Waals surface area contributed by atoms with E-state index in [0.717, 1.165) is 25.7 Å². The maximum absolute atomic E-state index is 12.1. The molecule has 3 atom stereocenters. The molecular weight excluding hydrogens is 210 g/mol. The highest BCUT2D eigenvalue weighted by molar-refractivity contribution is 7.92. The van der Waals surface area contributed by atoms with Crippen molar-refractivity contribution in [1.29, 1.82) is 0 Å². The Bertz CT molecular complexity index is 287. The molecule has 1 aliphatic carbocycles. The van der Waals surface area contributed by atoms with Crippen LogP contribution in [0.2, 0.25) is 0 Å². The molecule has 15 heavy (non-hydrogen) atoms. The van der Waals surface area contributed by atoms with E-state index in [4.69, 9.17) is 0 Å². The lowest BCUT2D eigenvalue weighted by Crippen LogP contribution is -2.47. The SMILES string of the molecule is CCCS(=O)(=O)C1CC(C)CCC1NC. The van der Waals surface area contributed by atoms with Crippen molar-refractivity contribution in [3.63, 3.8) is 0 Å². The third kappa shape index (κ3) is 3.18. The zero-order valence-corrected chi connectivity index (χ0v) is 10.8. The van der Waals surface area contributed by atoms with Crippen LogP contribution in [0.1, 0.15) is 39.5 Å². The normalized spacial score (nSPS) is 32.9. The topological polar surface area (TPSA) is 46.2 Å². The molecule has 1 rings (SSSR count). The molecule has 0 aromatic heterocycles. The molecule has 90 valence electrons. The summed E-state index contributed by atoms with van der Waals surface area (Å²) in [5.74, 6) is 0.883. The highest BCUT2D eigenvalue weighted by atomic mass is 32.2. The van der Waals surface area contributed by atoms with E-state index >= 15 is 0 Å². The molecule has 0 heterocycles. The van der Waals surface area contributed by atoms with Crippen molar-refractivity contribution in [3.8, 4) is 0 Å². The Kier molecular flexibility index (Phi) is 4.59. The van der Waals surface area contributed by atoms with Crippen LogP contribution in [0, 0.1) is 5.92 Å².